The minimum absolute atomic E-state index is 0.951. The van der Waals surface area contributed by atoms with Crippen molar-refractivity contribution in [1.82, 2.24) is 4.37 Å². The Hall–Kier alpha value is -1.39. The summed E-state index contributed by atoms with van der Waals surface area (Å²) in [5.41, 5.74) is 0. The molecule has 1 spiro atoms. The zero-order chi connectivity index (χ0) is 15.3. The molecule has 4 heteroatoms. The van der Waals surface area contributed by atoms with E-state index in [4.69, 9.17) is 4.37 Å². The lowest BCUT2D eigenvalue weighted by atomic mass is 9.86. The maximum Gasteiger partial charge on any atom is 0.150 e. The number of hydrogen-bond donors (Lipinski definition) is 0. The van der Waals surface area contributed by atoms with Gasteiger partial charge in [-0.1, -0.05) is 24.3 Å². The average Bonchev–Trinajstić information content (AvgIpc) is 3.17. The number of piperazine rings is 1. The van der Waals surface area contributed by atoms with E-state index in [1.807, 2.05) is 0 Å². The van der Waals surface area contributed by atoms with Crippen LogP contribution in [-0.2, 0) is 0 Å². The second-order valence-corrected chi connectivity index (χ2v) is 8.41. The van der Waals surface area contributed by atoms with E-state index < -0.39 is 0 Å². The van der Waals surface area contributed by atoms with Crippen molar-refractivity contribution >= 4 is 27.4 Å². The summed E-state index contributed by atoms with van der Waals surface area (Å²) in [7, 11) is 0. The van der Waals surface area contributed by atoms with Gasteiger partial charge < -0.3 is 9.38 Å². The number of quaternary nitrogens is 1. The summed E-state index contributed by atoms with van der Waals surface area (Å²) in [5, 5.41) is 1.34. The lowest BCUT2D eigenvalue weighted by Gasteiger charge is -2.42. The number of allylic oxidation sites excluding steroid dienone is 2. The molecule has 2 aromatic rings. The Bertz CT molecular complexity index is 724. The van der Waals surface area contributed by atoms with E-state index in [1.54, 1.807) is 11.5 Å². The topological polar surface area (TPSA) is 16.1 Å². The summed E-state index contributed by atoms with van der Waals surface area (Å²) in [5.74, 6) is 3.13. The third-order valence-corrected chi connectivity index (χ3v) is 7.12. The van der Waals surface area contributed by atoms with Crippen LogP contribution in [0, 0.1) is 11.8 Å². The van der Waals surface area contributed by atoms with Crippen LogP contribution in [0.1, 0.15) is 12.8 Å². The molecule has 2 aliphatic heterocycles. The van der Waals surface area contributed by atoms with Crippen molar-refractivity contribution in [2.75, 3.05) is 44.2 Å². The molecule has 1 aromatic heterocycles. The maximum absolute atomic E-state index is 4.76. The Morgan fingerprint density at radius 3 is 2.43 bits per heavy atom. The molecule has 0 saturated carbocycles. The molecule has 3 aliphatic rings. The van der Waals surface area contributed by atoms with Gasteiger partial charge in [-0.25, -0.2) is 0 Å². The largest absolute Gasteiger partial charge is 0.344 e. The SMILES string of the molecule is C1=CCC2C[N+]3(CCN(c4nsc5ccccc45)CC3)CC2C1. The van der Waals surface area contributed by atoms with E-state index >= 15 is 0 Å². The van der Waals surface area contributed by atoms with E-state index in [1.165, 1.54) is 72.5 Å². The molecule has 1 aromatic carbocycles. The predicted molar refractivity (Wildman–Crippen MR) is 96.9 cm³/mol. The Balaban J connectivity index is 1.33. The molecule has 23 heavy (non-hydrogen) atoms. The van der Waals surface area contributed by atoms with Crippen molar-refractivity contribution in [3.05, 3.63) is 36.4 Å². The van der Waals surface area contributed by atoms with Crippen molar-refractivity contribution in [3.63, 3.8) is 0 Å². The highest BCUT2D eigenvalue weighted by atomic mass is 32.1. The van der Waals surface area contributed by atoms with E-state index in [9.17, 15) is 0 Å². The minimum Gasteiger partial charge on any atom is -0.344 e. The number of aromatic nitrogens is 1. The molecular formula is C19H24N3S+. The maximum atomic E-state index is 4.76. The van der Waals surface area contributed by atoms with Crippen LogP contribution in [0.4, 0.5) is 5.82 Å². The number of anilines is 1. The van der Waals surface area contributed by atoms with Crippen LogP contribution < -0.4 is 4.90 Å². The summed E-state index contributed by atoms with van der Waals surface area (Å²) in [6.45, 7) is 7.78. The molecule has 5 rings (SSSR count). The first-order chi connectivity index (χ1) is 11.3. The van der Waals surface area contributed by atoms with Crippen LogP contribution in [0.2, 0.25) is 0 Å². The fourth-order valence-electron chi connectivity index (χ4n) is 5.01. The first-order valence-corrected chi connectivity index (χ1v) is 9.70. The van der Waals surface area contributed by atoms with Crippen molar-refractivity contribution < 1.29 is 4.48 Å². The third-order valence-electron chi connectivity index (χ3n) is 6.30. The number of benzene rings is 1. The molecular weight excluding hydrogens is 302 g/mol. The smallest absolute Gasteiger partial charge is 0.150 e. The van der Waals surface area contributed by atoms with Gasteiger partial charge in [-0.3, -0.25) is 0 Å². The number of nitrogens with zero attached hydrogens (tertiary/aromatic N) is 3. The normalized spacial score (nSPS) is 29.3. The van der Waals surface area contributed by atoms with Crippen LogP contribution in [0.5, 0.6) is 0 Å². The summed E-state index contributed by atoms with van der Waals surface area (Å²) >= 11 is 1.64. The molecule has 2 fully saturated rings. The number of fused-ring (bicyclic) bond motifs is 2. The van der Waals surface area contributed by atoms with Crippen molar-refractivity contribution in [1.29, 1.82) is 0 Å². The first-order valence-electron chi connectivity index (χ1n) is 8.92. The van der Waals surface area contributed by atoms with Crippen LogP contribution in [0.15, 0.2) is 36.4 Å². The fraction of sp³-hybridized carbons (Fsp3) is 0.526. The Kier molecular flexibility index (Phi) is 3.24. The molecule has 2 saturated heterocycles. The van der Waals surface area contributed by atoms with Gasteiger partial charge in [0.2, 0.25) is 0 Å². The Morgan fingerprint density at radius 1 is 1.00 bits per heavy atom. The molecule has 0 bridgehead atoms. The lowest BCUT2D eigenvalue weighted by Crippen LogP contribution is -2.58. The second kappa shape index (κ2) is 5.32. The summed E-state index contributed by atoms with van der Waals surface area (Å²) < 4.78 is 7.44. The number of rotatable bonds is 1. The van der Waals surface area contributed by atoms with Crippen molar-refractivity contribution in [2.45, 2.75) is 12.8 Å². The van der Waals surface area contributed by atoms with Gasteiger partial charge in [-0.05, 0) is 36.5 Å². The fourth-order valence-corrected chi connectivity index (χ4v) is 5.81. The summed E-state index contributed by atoms with van der Waals surface area (Å²) in [6, 6.07) is 8.66. The zero-order valence-corrected chi connectivity index (χ0v) is 14.3. The summed E-state index contributed by atoms with van der Waals surface area (Å²) in [6.07, 6.45) is 7.48. The van der Waals surface area contributed by atoms with E-state index in [2.05, 4.69) is 41.3 Å². The first kappa shape index (κ1) is 14.0. The highest BCUT2D eigenvalue weighted by molar-refractivity contribution is 7.13. The van der Waals surface area contributed by atoms with Crippen molar-refractivity contribution in [3.8, 4) is 0 Å². The Labute approximate surface area is 142 Å². The molecule has 0 N–H and O–H groups in total. The summed E-state index contributed by atoms with van der Waals surface area (Å²) in [4.78, 5) is 2.53. The highest BCUT2D eigenvalue weighted by Crippen LogP contribution is 2.39. The van der Waals surface area contributed by atoms with Gasteiger partial charge in [0, 0.05) is 17.2 Å². The van der Waals surface area contributed by atoms with E-state index in [0.29, 0.717) is 0 Å². The monoisotopic (exact) mass is 326 g/mol. The second-order valence-electron chi connectivity index (χ2n) is 7.61. The standard InChI is InChI=1S/C19H24N3S/c1-2-6-16-14-22(13-15(16)5-1)11-9-21(10-12-22)19-17-7-3-4-8-18(17)23-20-19/h1-4,7-8,15-16H,5-6,9-14H2/q+1. The van der Waals surface area contributed by atoms with E-state index in [-0.39, 0.29) is 0 Å². The highest BCUT2D eigenvalue weighted by Gasteiger charge is 2.46. The van der Waals surface area contributed by atoms with Gasteiger partial charge in [-0.2, -0.15) is 4.37 Å². The molecule has 0 radical (unpaired) electrons. The van der Waals surface area contributed by atoms with Gasteiger partial charge in [0.1, 0.15) is 0 Å². The molecule has 3 heterocycles. The molecule has 2 unspecified atom stereocenters. The van der Waals surface area contributed by atoms with Crippen LogP contribution >= 0.6 is 11.5 Å². The predicted octanol–water partition coefficient (Wildman–Crippen LogP) is 3.53. The Morgan fingerprint density at radius 2 is 1.70 bits per heavy atom. The lowest BCUT2D eigenvalue weighted by molar-refractivity contribution is -0.919. The van der Waals surface area contributed by atoms with Crippen LogP contribution in [-0.4, -0.2) is 48.1 Å². The third kappa shape index (κ3) is 2.31. The van der Waals surface area contributed by atoms with Gasteiger partial charge in [0.15, 0.2) is 5.82 Å². The number of hydrogen-bond acceptors (Lipinski definition) is 3. The average molecular weight is 326 g/mol. The van der Waals surface area contributed by atoms with E-state index in [0.717, 1.165) is 11.8 Å². The molecule has 2 atom stereocenters. The van der Waals surface area contributed by atoms with Gasteiger partial charge in [-0.15, -0.1) is 0 Å². The van der Waals surface area contributed by atoms with Gasteiger partial charge >= 0.3 is 0 Å². The molecule has 1 aliphatic carbocycles. The minimum atomic E-state index is 0.951. The van der Waals surface area contributed by atoms with Gasteiger partial charge in [0.25, 0.3) is 0 Å². The molecule has 3 nitrogen and oxygen atoms in total. The van der Waals surface area contributed by atoms with Crippen LogP contribution in [0.25, 0.3) is 10.1 Å². The van der Waals surface area contributed by atoms with Crippen molar-refractivity contribution in [2.24, 2.45) is 11.8 Å². The molecule has 0 amide bonds. The van der Waals surface area contributed by atoms with Gasteiger partial charge in [0.05, 0.1) is 44.0 Å². The zero-order valence-electron chi connectivity index (χ0n) is 13.5. The molecule has 120 valence electrons. The quantitative estimate of drug-likeness (QED) is 0.589. The van der Waals surface area contributed by atoms with Crippen LogP contribution in [0.3, 0.4) is 0 Å².